The Balaban J connectivity index is 2.13. The summed E-state index contributed by atoms with van der Waals surface area (Å²) in [7, 11) is -0.242. The number of nitrogens with one attached hydrogen (secondary N) is 1. The van der Waals surface area contributed by atoms with Crippen molar-refractivity contribution in [3.05, 3.63) is 24.3 Å². The van der Waals surface area contributed by atoms with Crippen LogP contribution in [0.3, 0.4) is 0 Å². The predicted molar refractivity (Wildman–Crippen MR) is 82.4 cm³/mol. The summed E-state index contributed by atoms with van der Waals surface area (Å²) in [4.78, 5) is 0.348. The van der Waals surface area contributed by atoms with E-state index in [2.05, 4.69) is 5.32 Å². The van der Waals surface area contributed by atoms with Crippen LogP contribution in [0.5, 0.6) is 0 Å². The molecule has 1 N–H and O–H groups in total. The fraction of sp³-hybridized carbons (Fsp3) is 0.600. The van der Waals surface area contributed by atoms with Crippen molar-refractivity contribution < 1.29 is 8.42 Å². The average Bonchev–Trinajstić information content (AvgIpc) is 2.67. The first kappa shape index (κ1) is 15.3. The third kappa shape index (κ3) is 3.73. The second kappa shape index (κ2) is 6.59. The Bertz CT molecular complexity index is 533. The minimum absolute atomic E-state index is 0.348. The minimum Gasteiger partial charge on any atom is -0.382 e. The molecule has 0 amide bonds. The maximum atomic E-state index is 12.1. The van der Waals surface area contributed by atoms with Crippen LogP contribution in [0.4, 0.5) is 5.69 Å². The van der Waals surface area contributed by atoms with Crippen molar-refractivity contribution in [2.45, 2.75) is 49.5 Å². The molecule has 0 saturated heterocycles. The standard InChI is InChI=1S/C15H24N2O2S/c1-17(2)20(18,19)15-11-7-10-14(12-15)16-13-8-5-3-4-6-9-13/h7,10-13,16H,3-6,8-9H2,1-2H3. The molecule has 1 aromatic carbocycles. The van der Waals surface area contributed by atoms with Crippen molar-refractivity contribution in [3.8, 4) is 0 Å². The zero-order valence-electron chi connectivity index (χ0n) is 12.3. The van der Waals surface area contributed by atoms with E-state index in [1.165, 1.54) is 42.8 Å². The van der Waals surface area contributed by atoms with Crippen LogP contribution in [0, 0.1) is 0 Å². The van der Waals surface area contributed by atoms with Gasteiger partial charge in [0.1, 0.15) is 0 Å². The molecule has 0 heterocycles. The molecule has 1 aromatic rings. The summed E-state index contributed by atoms with van der Waals surface area (Å²) >= 11 is 0. The zero-order valence-corrected chi connectivity index (χ0v) is 13.1. The van der Waals surface area contributed by atoms with Gasteiger partial charge in [0.2, 0.25) is 10.0 Å². The van der Waals surface area contributed by atoms with Gasteiger partial charge >= 0.3 is 0 Å². The Morgan fingerprint density at radius 3 is 2.35 bits per heavy atom. The predicted octanol–water partition coefficient (Wildman–Crippen LogP) is 3.07. The number of anilines is 1. The van der Waals surface area contributed by atoms with Gasteiger partial charge < -0.3 is 5.32 Å². The number of hydrogen-bond acceptors (Lipinski definition) is 3. The SMILES string of the molecule is CN(C)S(=O)(=O)c1cccc(NC2CCCCCC2)c1. The van der Waals surface area contributed by atoms with Crippen LogP contribution in [0.25, 0.3) is 0 Å². The molecule has 5 heteroatoms. The summed E-state index contributed by atoms with van der Waals surface area (Å²) in [6, 6.07) is 7.60. The smallest absolute Gasteiger partial charge is 0.242 e. The van der Waals surface area contributed by atoms with Gasteiger partial charge in [-0.15, -0.1) is 0 Å². The fourth-order valence-electron chi connectivity index (χ4n) is 2.62. The van der Waals surface area contributed by atoms with Crippen LogP contribution in [0.15, 0.2) is 29.2 Å². The highest BCUT2D eigenvalue weighted by molar-refractivity contribution is 7.89. The molecule has 4 nitrogen and oxygen atoms in total. The highest BCUT2D eigenvalue weighted by Crippen LogP contribution is 2.23. The van der Waals surface area contributed by atoms with Gasteiger partial charge in [0.25, 0.3) is 0 Å². The van der Waals surface area contributed by atoms with E-state index in [0.29, 0.717) is 10.9 Å². The molecule has 0 unspecified atom stereocenters. The monoisotopic (exact) mass is 296 g/mol. The van der Waals surface area contributed by atoms with Crippen molar-refractivity contribution in [2.24, 2.45) is 0 Å². The quantitative estimate of drug-likeness (QED) is 0.869. The summed E-state index contributed by atoms with van der Waals surface area (Å²) in [5.41, 5.74) is 0.903. The molecule has 2 rings (SSSR count). The van der Waals surface area contributed by atoms with Crippen LogP contribution in [0.2, 0.25) is 0 Å². The van der Waals surface area contributed by atoms with Crippen molar-refractivity contribution in [1.82, 2.24) is 4.31 Å². The van der Waals surface area contributed by atoms with Gasteiger partial charge in [-0.25, -0.2) is 12.7 Å². The topological polar surface area (TPSA) is 49.4 Å². The van der Waals surface area contributed by atoms with Gasteiger partial charge in [0.05, 0.1) is 4.90 Å². The molecule has 0 radical (unpaired) electrons. The lowest BCUT2D eigenvalue weighted by Gasteiger charge is -2.19. The first-order valence-electron chi connectivity index (χ1n) is 7.29. The van der Waals surface area contributed by atoms with Crippen molar-refractivity contribution >= 4 is 15.7 Å². The van der Waals surface area contributed by atoms with Crippen LogP contribution in [0.1, 0.15) is 38.5 Å². The maximum Gasteiger partial charge on any atom is 0.242 e. The molecule has 0 aromatic heterocycles. The third-order valence-electron chi connectivity index (χ3n) is 3.84. The van der Waals surface area contributed by atoms with Crippen LogP contribution < -0.4 is 5.32 Å². The molecular formula is C15H24N2O2S. The fourth-order valence-corrected chi connectivity index (χ4v) is 3.56. The Hall–Kier alpha value is -1.07. The van der Waals surface area contributed by atoms with E-state index >= 15 is 0 Å². The van der Waals surface area contributed by atoms with Crippen LogP contribution in [-0.4, -0.2) is 32.9 Å². The Morgan fingerprint density at radius 2 is 1.75 bits per heavy atom. The van der Waals surface area contributed by atoms with E-state index in [1.807, 2.05) is 6.07 Å². The van der Waals surface area contributed by atoms with Gasteiger partial charge in [0.15, 0.2) is 0 Å². The van der Waals surface area contributed by atoms with Crippen molar-refractivity contribution in [3.63, 3.8) is 0 Å². The minimum atomic E-state index is -3.35. The van der Waals surface area contributed by atoms with Gasteiger partial charge in [0, 0.05) is 25.8 Å². The second-order valence-electron chi connectivity index (χ2n) is 5.65. The molecule has 112 valence electrons. The molecule has 20 heavy (non-hydrogen) atoms. The summed E-state index contributed by atoms with van der Waals surface area (Å²) in [5, 5.41) is 3.49. The Kier molecular flexibility index (Phi) is 5.05. The van der Waals surface area contributed by atoms with Gasteiger partial charge in [-0.2, -0.15) is 0 Å². The van der Waals surface area contributed by atoms with Gasteiger partial charge in [-0.05, 0) is 31.0 Å². The van der Waals surface area contributed by atoms with E-state index in [9.17, 15) is 8.42 Å². The Labute approximate surface area is 122 Å². The van der Waals surface area contributed by atoms with E-state index in [4.69, 9.17) is 0 Å². The van der Waals surface area contributed by atoms with E-state index in [-0.39, 0.29) is 0 Å². The lowest BCUT2D eigenvalue weighted by atomic mass is 10.1. The number of sulfonamides is 1. The summed E-state index contributed by atoms with van der Waals surface area (Å²) in [5.74, 6) is 0. The van der Waals surface area contributed by atoms with E-state index in [1.54, 1.807) is 32.3 Å². The molecule has 0 spiro atoms. The highest BCUT2D eigenvalue weighted by atomic mass is 32.2. The molecule has 0 atom stereocenters. The molecule has 1 fully saturated rings. The molecular weight excluding hydrogens is 272 g/mol. The molecule has 0 aliphatic heterocycles. The molecule has 0 bridgehead atoms. The maximum absolute atomic E-state index is 12.1. The average molecular weight is 296 g/mol. The summed E-state index contributed by atoms with van der Waals surface area (Å²) in [6.07, 6.45) is 7.48. The Morgan fingerprint density at radius 1 is 1.10 bits per heavy atom. The summed E-state index contributed by atoms with van der Waals surface area (Å²) < 4.78 is 25.5. The van der Waals surface area contributed by atoms with Crippen molar-refractivity contribution in [1.29, 1.82) is 0 Å². The normalized spacial score (nSPS) is 17.9. The van der Waals surface area contributed by atoms with Crippen molar-refractivity contribution in [2.75, 3.05) is 19.4 Å². The highest BCUT2D eigenvalue weighted by Gasteiger charge is 2.18. The number of rotatable bonds is 4. The summed E-state index contributed by atoms with van der Waals surface area (Å²) in [6.45, 7) is 0. The number of hydrogen-bond donors (Lipinski definition) is 1. The van der Waals surface area contributed by atoms with Crippen LogP contribution >= 0.6 is 0 Å². The lowest BCUT2D eigenvalue weighted by Crippen LogP contribution is -2.23. The largest absolute Gasteiger partial charge is 0.382 e. The van der Waals surface area contributed by atoms with E-state index in [0.717, 1.165) is 5.69 Å². The number of benzene rings is 1. The van der Waals surface area contributed by atoms with E-state index < -0.39 is 10.0 Å². The lowest BCUT2D eigenvalue weighted by molar-refractivity contribution is 0.520. The van der Waals surface area contributed by atoms with Crippen LogP contribution in [-0.2, 0) is 10.0 Å². The first-order valence-corrected chi connectivity index (χ1v) is 8.73. The van der Waals surface area contributed by atoms with Gasteiger partial charge in [-0.1, -0.05) is 31.7 Å². The molecule has 1 aliphatic rings. The first-order chi connectivity index (χ1) is 9.50. The third-order valence-corrected chi connectivity index (χ3v) is 5.65. The molecule has 1 aliphatic carbocycles. The second-order valence-corrected chi connectivity index (χ2v) is 7.80. The van der Waals surface area contributed by atoms with Gasteiger partial charge in [-0.3, -0.25) is 0 Å². The molecule has 1 saturated carbocycles. The number of nitrogens with zero attached hydrogens (tertiary/aromatic N) is 1. The zero-order chi connectivity index (χ0) is 14.6.